The summed E-state index contributed by atoms with van der Waals surface area (Å²) in [5, 5.41) is 3.18. The first-order chi connectivity index (χ1) is 12.8. The Morgan fingerprint density at radius 3 is 2.77 bits per heavy atom. The quantitative estimate of drug-likeness (QED) is 0.764. The van der Waals surface area contributed by atoms with E-state index in [1.54, 1.807) is 0 Å². The van der Waals surface area contributed by atoms with Gasteiger partial charge in [0.25, 0.3) is 0 Å². The molecule has 1 amide bonds. The van der Waals surface area contributed by atoms with E-state index in [2.05, 4.69) is 5.32 Å². The van der Waals surface area contributed by atoms with Crippen molar-refractivity contribution in [3.8, 4) is 11.5 Å². The zero-order valence-electron chi connectivity index (χ0n) is 15.7. The summed E-state index contributed by atoms with van der Waals surface area (Å²) in [6.07, 6.45) is 8.03. The highest BCUT2D eigenvalue weighted by molar-refractivity contribution is 5.76. The van der Waals surface area contributed by atoms with Crippen LogP contribution in [-0.2, 0) is 9.53 Å². The minimum atomic E-state index is 0.00601. The van der Waals surface area contributed by atoms with Crippen molar-refractivity contribution in [1.82, 2.24) is 5.32 Å². The molecular formula is C21H31NO4. The van der Waals surface area contributed by atoms with Crippen molar-refractivity contribution in [3.63, 3.8) is 0 Å². The van der Waals surface area contributed by atoms with Crippen LogP contribution in [0.25, 0.3) is 0 Å². The van der Waals surface area contributed by atoms with E-state index in [1.165, 1.54) is 6.42 Å². The Labute approximate surface area is 156 Å². The largest absolute Gasteiger partial charge is 0.490 e. The predicted octanol–water partition coefficient (Wildman–Crippen LogP) is 3.85. The highest BCUT2D eigenvalue weighted by Crippen LogP contribution is 2.31. The van der Waals surface area contributed by atoms with Crippen LogP contribution < -0.4 is 14.8 Å². The van der Waals surface area contributed by atoms with Gasteiger partial charge in [-0.1, -0.05) is 12.1 Å². The van der Waals surface area contributed by atoms with Crippen molar-refractivity contribution >= 4 is 5.91 Å². The second-order valence-electron chi connectivity index (χ2n) is 7.17. The van der Waals surface area contributed by atoms with Gasteiger partial charge in [0, 0.05) is 13.0 Å². The molecule has 2 fully saturated rings. The highest BCUT2D eigenvalue weighted by Gasteiger charge is 2.31. The smallest absolute Gasteiger partial charge is 0.220 e. The van der Waals surface area contributed by atoms with Gasteiger partial charge >= 0.3 is 0 Å². The van der Waals surface area contributed by atoms with Crippen LogP contribution in [0.15, 0.2) is 24.3 Å². The molecule has 3 rings (SSSR count). The van der Waals surface area contributed by atoms with Gasteiger partial charge in [0.05, 0.1) is 18.8 Å². The molecule has 0 aromatic heterocycles. The maximum absolute atomic E-state index is 12.4. The molecule has 2 aliphatic rings. The number of nitrogens with one attached hydrogen (secondary N) is 1. The van der Waals surface area contributed by atoms with Crippen molar-refractivity contribution in [2.45, 2.75) is 76.5 Å². The van der Waals surface area contributed by atoms with Crippen LogP contribution in [0.4, 0.5) is 0 Å². The Hall–Kier alpha value is -1.75. The first kappa shape index (κ1) is 19.0. The van der Waals surface area contributed by atoms with Gasteiger partial charge < -0.3 is 19.5 Å². The van der Waals surface area contributed by atoms with Gasteiger partial charge in [-0.3, -0.25) is 4.79 Å². The van der Waals surface area contributed by atoms with Gasteiger partial charge in [-0.05, 0) is 64.0 Å². The van der Waals surface area contributed by atoms with Crippen LogP contribution in [0.1, 0.15) is 58.3 Å². The molecule has 5 nitrogen and oxygen atoms in total. The molecule has 1 aliphatic carbocycles. The Morgan fingerprint density at radius 2 is 2.00 bits per heavy atom. The average molecular weight is 361 g/mol. The number of carbonyl (C=O) groups excluding carboxylic acids is 1. The van der Waals surface area contributed by atoms with E-state index >= 15 is 0 Å². The fourth-order valence-corrected chi connectivity index (χ4v) is 3.82. The summed E-state index contributed by atoms with van der Waals surface area (Å²) < 4.78 is 17.6. The first-order valence-electron chi connectivity index (χ1n) is 10.1. The Kier molecular flexibility index (Phi) is 7.18. The van der Waals surface area contributed by atoms with Crippen LogP contribution >= 0.6 is 0 Å². The molecule has 1 aromatic carbocycles. The van der Waals surface area contributed by atoms with Crippen LogP contribution in [0.5, 0.6) is 11.5 Å². The summed E-state index contributed by atoms with van der Waals surface area (Å²) in [5.41, 5.74) is 0. The molecule has 0 unspecified atom stereocenters. The van der Waals surface area contributed by atoms with E-state index < -0.39 is 0 Å². The zero-order valence-corrected chi connectivity index (χ0v) is 15.7. The number of hydrogen-bond acceptors (Lipinski definition) is 4. The molecule has 1 aromatic rings. The van der Waals surface area contributed by atoms with Crippen molar-refractivity contribution in [3.05, 3.63) is 24.3 Å². The average Bonchev–Trinajstić information content (AvgIpc) is 3.09. The third-order valence-electron chi connectivity index (χ3n) is 5.19. The molecular weight excluding hydrogens is 330 g/mol. The number of benzene rings is 1. The van der Waals surface area contributed by atoms with E-state index in [4.69, 9.17) is 14.2 Å². The summed E-state index contributed by atoms with van der Waals surface area (Å²) in [6.45, 7) is 3.41. The van der Waals surface area contributed by atoms with Crippen molar-refractivity contribution in [2.24, 2.45) is 0 Å². The van der Waals surface area contributed by atoms with Crippen LogP contribution in [-0.4, -0.2) is 37.4 Å². The maximum Gasteiger partial charge on any atom is 0.220 e. The summed E-state index contributed by atoms with van der Waals surface area (Å²) in [7, 11) is 0. The lowest BCUT2D eigenvalue weighted by molar-refractivity contribution is -0.123. The summed E-state index contributed by atoms with van der Waals surface area (Å²) >= 11 is 0. The zero-order chi connectivity index (χ0) is 18.2. The van der Waals surface area contributed by atoms with Gasteiger partial charge in [-0.2, -0.15) is 0 Å². The van der Waals surface area contributed by atoms with E-state index in [0.29, 0.717) is 13.0 Å². The third-order valence-corrected chi connectivity index (χ3v) is 5.19. The summed E-state index contributed by atoms with van der Waals surface area (Å²) in [4.78, 5) is 12.4. The molecule has 1 N–H and O–H groups in total. The topological polar surface area (TPSA) is 56.8 Å². The molecule has 0 spiro atoms. The molecule has 0 radical (unpaired) electrons. The number of rotatable bonds is 8. The number of hydrogen-bond donors (Lipinski definition) is 1. The predicted molar refractivity (Wildman–Crippen MR) is 101 cm³/mol. The minimum Gasteiger partial charge on any atom is -0.490 e. The number of para-hydroxylation sites is 2. The molecule has 1 saturated heterocycles. The van der Waals surface area contributed by atoms with Gasteiger partial charge in [-0.25, -0.2) is 0 Å². The van der Waals surface area contributed by atoms with Crippen LogP contribution in [0, 0.1) is 0 Å². The normalized spacial score (nSPS) is 25.7. The second kappa shape index (κ2) is 9.81. The standard InChI is InChI=1S/C21H31NO4/c1-2-24-19-10-3-4-11-20(19)26-18-12-7-9-17(18)22-21(23)14-13-16-8-5-6-15-25-16/h3-4,10-11,16-18H,2,5-9,12-15H2,1H3,(H,22,23)/t16-,17-,18-/m1/s1. The second-order valence-corrected chi connectivity index (χ2v) is 7.17. The SMILES string of the molecule is CCOc1ccccc1O[C@@H]1CCC[C@H]1NC(=O)CC[C@H]1CCCCO1. The molecule has 1 aliphatic heterocycles. The molecule has 5 heteroatoms. The lowest BCUT2D eigenvalue weighted by Crippen LogP contribution is -2.42. The fourth-order valence-electron chi connectivity index (χ4n) is 3.82. The van der Waals surface area contributed by atoms with E-state index in [-0.39, 0.29) is 24.2 Å². The third kappa shape index (κ3) is 5.37. The van der Waals surface area contributed by atoms with Gasteiger partial charge in [0.2, 0.25) is 5.91 Å². The van der Waals surface area contributed by atoms with E-state index in [9.17, 15) is 4.79 Å². The Bertz CT molecular complexity index is 571. The number of ether oxygens (including phenoxy) is 3. The maximum atomic E-state index is 12.4. The monoisotopic (exact) mass is 361 g/mol. The van der Waals surface area contributed by atoms with Crippen molar-refractivity contribution in [1.29, 1.82) is 0 Å². The van der Waals surface area contributed by atoms with Gasteiger partial charge in [0.15, 0.2) is 11.5 Å². The molecule has 144 valence electrons. The molecule has 26 heavy (non-hydrogen) atoms. The lowest BCUT2D eigenvalue weighted by Gasteiger charge is -2.25. The molecule has 1 saturated carbocycles. The number of amides is 1. The molecule has 3 atom stereocenters. The number of carbonyl (C=O) groups is 1. The van der Waals surface area contributed by atoms with Gasteiger partial charge in [-0.15, -0.1) is 0 Å². The Balaban J connectivity index is 1.49. The van der Waals surface area contributed by atoms with Crippen molar-refractivity contribution in [2.75, 3.05) is 13.2 Å². The first-order valence-corrected chi connectivity index (χ1v) is 10.1. The Morgan fingerprint density at radius 1 is 1.15 bits per heavy atom. The van der Waals surface area contributed by atoms with E-state index in [1.807, 2.05) is 31.2 Å². The molecule has 1 heterocycles. The van der Waals surface area contributed by atoms with Crippen molar-refractivity contribution < 1.29 is 19.0 Å². The van der Waals surface area contributed by atoms with E-state index in [0.717, 1.165) is 56.6 Å². The van der Waals surface area contributed by atoms with Gasteiger partial charge in [0.1, 0.15) is 6.10 Å². The fraction of sp³-hybridized carbons (Fsp3) is 0.667. The minimum absolute atomic E-state index is 0.00601. The summed E-state index contributed by atoms with van der Waals surface area (Å²) in [6, 6.07) is 7.82. The van der Waals surface area contributed by atoms with Crippen LogP contribution in [0.3, 0.4) is 0 Å². The summed E-state index contributed by atoms with van der Waals surface area (Å²) in [5.74, 6) is 1.63. The van der Waals surface area contributed by atoms with Crippen LogP contribution in [0.2, 0.25) is 0 Å². The molecule has 0 bridgehead atoms. The highest BCUT2D eigenvalue weighted by atomic mass is 16.5. The lowest BCUT2D eigenvalue weighted by atomic mass is 10.0.